The summed E-state index contributed by atoms with van der Waals surface area (Å²) in [4.78, 5) is 0. The van der Waals surface area contributed by atoms with Crippen LogP contribution in [0, 0.1) is 0 Å². The van der Waals surface area contributed by atoms with Crippen molar-refractivity contribution in [3.05, 3.63) is 83.6 Å². The summed E-state index contributed by atoms with van der Waals surface area (Å²) in [5, 5.41) is 0. The summed E-state index contributed by atoms with van der Waals surface area (Å²) in [6.45, 7) is 1.31. The topological polar surface area (TPSA) is 18.5 Å². The SMILES string of the molecule is C1=C(OCc2ccccc2)CC(OCc2ccccc2)C1. The first-order chi connectivity index (χ1) is 10.4. The van der Waals surface area contributed by atoms with Crippen LogP contribution in [0.25, 0.3) is 0 Å². The van der Waals surface area contributed by atoms with Crippen LogP contribution in [0.1, 0.15) is 24.0 Å². The molecule has 0 bridgehead atoms. The minimum atomic E-state index is 0.246. The van der Waals surface area contributed by atoms with Crippen LogP contribution in [0.4, 0.5) is 0 Å². The summed E-state index contributed by atoms with van der Waals surface area (Å²) in [6, 6.07) is 20.5. The van der Waals surface area contributed by atoms with Crippen LogP contribution in [-0.4, -0.2) is 6.10 Å². The second-order valence-corrected chi connectivity index (χ2v) is 5.30. The molecule has 0 saturated heterocycles. The van der Waals surface area contributed by atoms with Gasteiger partial charge >= 0.3 is 0 Å². The van der Waals surface area contributed by atoms with E-state index < -0.39 is 0 Å². The van der Waals surface area contributed by atoms with Crippen LogP contribution in [0.5, 0.6) is 0 Å². The molecule has 0 aliphatic heterocycles. The average molecular weight is 280 g/mol. The maximum absolute atomic E-state index is 5.94. The number of hydrogen-bond donors (Lipinski definition) is 0. The Morgan fingerprint density at radius 2 is 1.43 bits per heavy atom. The maximum Gasteiger partial charge on any atom is 0.113 e. The summed E-state index contributed by atoms with van der Waals surface area (Å²) in [7, 11) is 0. The van der Waals surface area contributed by atoms with Gasteiger partial charge in [-0.1, -0.05) is 60.7 Å². The van der Waals surface area contributed by atoms with Gasteiger partial charge in [-0.2, -0.15) is 0 Å². The van der Waals surface area contributed by atoms with Crippen molar-refractivity contribution < 1.29 is 9.47 Å². The van der Waals surface area contributed by atoms with Crippen LogP contribution >= 0.6 is 0 Å². The number of hydrogen-bond acceptors (Lipinski definition) is 2. The Bertz CT molecular complexity index is 575. The van der Waals surface area contributed by atoms with Crippen molar-refractivity contribution >= 4 is 0 Å². The molecule has 2 aromatic rings. The predicted molar refractivity (Wildman–Crippen MR) is 83.6 cm³/mol. The molecule has 2 heteroatoms. The minimum absolute atomic E-state index is 0.246. The molecule has 0 fully saturated rings. The average Bonchev–Trinajstić information content (AvgIpc) is 3.01. The van der Waals surface area contributed by atoms with E-state index in [-0.39, 0.29) is 6.10 Å². The van der Waals surface area contributed by atoms with E-state index in [1.54, 1.807) is 0 Å². The highest BCUT2D eigenvalue weighted by Gasteiger charge is 2.18. The summed E-state index contributed by atoms with van der Waals surface area (Å²) >= 11 is 0. The summed E-state index contributed by atoms with van der Waals surface area (Å²) < 4.78 is 11.8. The van der Waals surface area contributed by atoms with Gasteiger partial charge in [0.15, 0.2) is 0 Å². The van der Waals surface area contributed by atoms with Gasteiger partial charge in [-0.15, -0.1) is 0 Å². The van der Waals surface area contributed by atoms with Gasteiger partial charge in [-0.25, -0.2) is 0 Å². The molecular formula is C19H20O2. The van der Waals surface area contributed by atoms with Gasteiger partial charge in [-0.05, 0) is 23.6 Å². The van der Waals surface area contributed by atoms with Gasteiger partial charge in [0.2, 0.25) is 0 Å². The zero-order chi connectivity index (χ0) is 14.3. The first-order valence-corrected chi connectivity index (χ1v) is 7.41. The van der Waals surface area contributed by atoms with Gasteiger partial charge in [0.05, 0.1) is 18.5 Å². The largest absolute Gasteiger partial charge is 0.493 e. The van der Waals surface area contributed by atoms with Crippen LogP contribution in [0.15, 0.2) is 72.5 Å². The van der Waals surface area contributed by atoms with Crippen molar-refractivity contribution in [3.63, 3.8) is 0 Å². The molecular weight excluding hydrogens is 260 g/mol. The maximum atomic E-state index is 5.94. The van der Waals surface area contributed by atoms with E-state index in [1.807, 2.05) is 36.4 Å². The van der Waals surface area contributed by atoms with E-state index in [1.165, 1.54) is 11.1 Å². The van der Waals surface area contributed by atoms with Crippen molar-refractivity contribution in [3.8, 4) is 0 Å². The number of benzene rings is 2. The van der Waals surface area contributed by atoms with Crippen molar-refractivity contribution in [2.24, 2.45) is 0 Å². The Morgan fingerprint density at radius 3 is 2.10 bits per heavy atom. The van der Waals surface area contributed by atoms with E-state index in [0.29, 0.717) is 13.2 Å². The molecule has 108 valence electrons. The molecule has 0 heterocycles. The second-order valence-electron chi connectivity index (χ2n) is 5.30. The highest BCUT2D eigenvalue weighted by atomic mass is 16.5. The molecule has 1 unspecified atom stereocenters. The lowest BCUT2D eigenvalue weighted by molar-refractivity contribution is 0.0401. The molecule has 0 saturated carbocycles. The highest BCUT2D eigenvalue weighted by Crippen LogP contribution is 2.24. The Balaban J connectivity index is 1.41. The van der Waals surface area contributed by atoms with Crippen molar-refractivity contribution in [1.82, 2.24) is 0 Å². The summed E-state index contributed by atoms with van der Waals surface area (Å²) in [5.74, 6) is 1.05. The number of rotatable bonds is 6. The highest BCUT2D eigenvalue weighted by molar-refractivity contribution is 5.15. The first-order valence-electron chi connectivity index (χ1n) is 7.41. The third kappa shape index (κ3) is 4.20. The normalized spacial score (nSPS) is 17.5. The monoisotopic (exact) mass is 280 g/mol. The van der Waals surface area contributed by atoms with E-state index in [9.17, 15) is 0 Å². The molecule has 0 aromatic heterocycles. The Kier molecular flexibility index (Phi) is 4.70. The zero-order valence-corrected chi connectivity index (χ0v) is 12.1. The van der Waals surface area contributed by atoms with Gasteiger partial charge in [0, 0.05) is 6.42 Å². The Hall–Kier alpha value is -2.06. The van der Waals surface area contributed by atoms with E-state index in [4.69, 9.17) is 9.47 Å². The third-order valence-corrected chi connectivity index (χ3v) is 3.63. The quantitative estimate of drug-likeness (QED) is 0.777. The molecule has 1 aliphatic rings. The molecule has 1 atom stereocenters. The molecule has 2 nitrogen and oxygen atoms in total. The minimum Gasteiger partial charge on any atom is -0.493 e. The summed E-state index contributed by atoms with van der Waals surface area (Å²) in [6.07, 6.45) is 4.21. The van der Waals surface area contributed by atoms with Gasteiger partial charge < -0.3 is 9.47 Å². The van der Waals surface area contributed by atoms with E-state index in [2.05, 4.69) is 30.3 Å². The first kappa shape index (κ1) is 13.9. The molecule has 0 N–H and O–H groups in total. The fourth-order valence-electron chi connectivity index (χ4n) is 2.44. The van der Waals surface area contributed by atoms with Crippen LogP contribution in [-0.2, 0) is 22.7 Å². The number of ether oxygens (including phenoxy) is 2. The fraction of sp³-hybridized carbons (Fsp3) is 0.263. The van der Waals surface area contributed by atoms with Crippen LogP contribution in [0.3, 0.4) is 0 Å². The van der Waals surface area contributed by atoms with Crippen molar-refractivity contribution in [1.29, 1.82) is 0 Å². The zero-order valence-electron chi connectivity index (χ0n) is 12.1. The van der Waals surface area contributed by atoms with E-state index >= 15 is 0 Å². The molecule has 0 radical (unpaired) electrons. The van der Waals surface area contributed by atoms with Crippen molar-refractivity contribution in [2.45, 2.75) is 32.2 Å². The molecule has 1 aliphatic carbocycles. The van der Waals surface area contributed by atoms with Gasteiger partial charge in [0.25, 0.3) is 0 Å². The molecule has 21 heavy (non-hydrogen) atoms. The Labute approximate surface area is 126 Å². The Morgan fingerprint density at radius 1 is 0.810 bits per heavy atom. The van der Waals surface area contributed by atoms with Gasteiger partial charge in [-0.3, -0.25) is 0 Å². The predicted octanol–water partition coefficient (Wildman–Crippen LogP) is 4.47. The molecule has 3 rings (SSSR count). The molecule has 2 aromatic carbocycles. The van der Waals surface area contributed by atoms with Gasteiger partial charge in [0.1, 0.15) is 6.61 Å². The van der Waals surface area contributed by atoms with Crippen molar-refractivity contribution in [2.75, 3.05) is 0 Å². The smallest absolute Gasteiger partial charge is 0.113 e. The van der Waals surface area contributed by atoms with E-state index in [0.717, 1.165) is 18.6 Å². The van der Waals surface area contributed by atoms with Crippen LogP contribution in [0.2, 0.25) is 0 Å². The third-order valence-electron chi connectivity index (χ3n) is 3.63. The standard InChI is InChI=1S/C19H20O2/c1-3-7-16(8-4-1)14-20-18-11-12-19(13-18)21-15-17-9-5-2-6-10-17/h1-11,19H,12-15H2. The van der Waals surface area contributed by atoms with Crippen LogP contribution < -0.4 is 0 Å². The fourth-order valence-corrected chi connectivity index (χ4v) is 2.44. The lowest BCUT2D eigenvalue weighted by Gasteiger charge is -2.13. The lowest BCUT2D eigenvalue weighted by atomic mass is 10.2. The summed E-state index contributed by atoms with van der Waals surface area (Å²) in [5.41, 5.74) is 2.42. The molecule has 0 amide bonds. The lowest BCUT2D eigenvalue weighted by Crippen LogP contribution is -2.09. The molecule has 0 spiro atoms. The second kappa shape index (κ2) is 7.09.